The van der Waals surface area contributed by atoms with Gasteiger partial charge >= 0.3 is 17.9 Å². The summed E-state index contributed by atoms with van der Waals surface area (Å²) in [5, 5.41) is 31.2. The number of nitrogens with zero attached hydrogens (tertiary/aromatic N) is 10. The summed E-state index contributed by atoms with van der Waals surface area (Å²) in [7, 11) is 1.28. The summed E-state index contributed by atoms with van der Waals surface area (Å²) >= 11 is 5.72. The number of ether oxygens (including phenoxy) is 8. The third kappa shape index (κ3) is 30.5. The Labute approximate surface area is 715 Å². The monoisotopic (exact) mass is 1710 g/mol. The van der Waals surface area contributed by atoms with Crippen molar-refractivity contribution in [2.45, 2.75) is 19.3 Å². The summed E-state index contributed by atoms with van der Waals surface area (Å²) in [5.74, 6) is 1.28. The number of amides is 2. The van der Waals surface area contributed by atoms with Crippen LogP contribution in [0.5, 0.6) is 40.8 Å². The van der Waals surface area contributed by atoms with E-state index in [1.807, 2.05) is 72.8 Å². The number of carbonyl (C=O) groups excluding carboxylic acids is 3. The number of pyridine rings is 5. The van der Waals surface area contributed by atoms with Gasteiger partial charge in [0.15, 0.2) is 28.5 Å². The Morgan fingerprint density at radius 2 is 0.960 bits per heavy atom. The molecule has 1 aliphatic rings. The number of oxazole rings is 5. The number of hydrogen-bond acceptors (Lipinski definition) is 30. The number of halogens is 1. The van der Waals surface area contributed by atoms with E-state index in [0.717, 1.165) is 24.7 Å². The van der Waals surface area contributed by atoms with Crippen LogP contribution in [0.3, 0.4) is 0 Å². The molecular formula is C89H84ClN13O21. The second-order valence-electron chi connectivity index (χ2n) is 24.2. The molecule has 11 heterocycles. The van der Waals surface area contributed by atoms with Crippen LogP contribution < -0.4 is 49.5 Å². The molecular weight excluding hydrogens is 1620 g/mol. The van der Waals surface area contributed by atoms with E-state index in [9.17, 15) is 24.0 Å². The first-order chi connectivity index (χ1) is 60.4. The van der Waals surface area contributed by atoms with E-state index in [1.54, 1.807) is 116 Å². The molecule has 0 unspecified atom stereocenters. The number of fused-ring (bicyclic) bond motifs is 6. The van der Waals surface area contributed by atoms with Gasteiger partial charge in [0.25, 0.3) is 11.8 Å². The molecule has 2 amide bonds. The van der Waals surface area contributed by atoms with Crippen LogP contribution in [0.15, 0.2) is 306 Å². The third-order valence-electron chi connectivity index (χ3n) is 15.3. The molecule has 638 valence electrons. The number of hydrogen-bond donors (Lipinski definition) is 6. The van der Waals surface area contributed by atoms with Crippen molar-refractivity contribution in [2.75, 3.05) is 76.3 Å². The highest BCUT2D eigenvalue weighted by molar-refractivity contribution is 6.29. The van der Waals surface area contributed by atoms with E-state index in [2.05, 4.69) is 105 Å². The molecule has 14 rings (SSSR count). The van der Waals surface area contributed by atoms with Gasteiger partial charge in [-0.1, -0.05) is 116 Å². The van der Waals surface area contributed by atoms with Crippen molar-refractivity contribution in [1.82, 2.24) is 49.8 Å². The molecule has 7 N–H and O–H groups in total. The maximum absolute atomic E-state index is 12.6. The van der Waals surface area contributed by atoms with Crippen molar-refractivity contribution < 1.29 is 99.3 Å². The number of anilines is 3. The summed E-state index contributed by atoms with van der Waals surface area (Å²) in [4.78, 5) is 97.9. The molecule has 124 heavy (non-hydrogen) atoms. The van der Waals surface area contributed by atoms with E-state index in [4.69, 9.17) is 87.9 Å². The smallest absolute Gasteiger partial charge is 0.360 e. The number of benzene rings is 3. The predicted octanol–water partition coefficient (Wildman–Crippen LogP) is 16.8. The highest BCUT2D eigenvalue weighted by Gasteiger charge is 2.21. The fraction of sp³-hybridized carbons (Fsp3) is 0.135. The summed E-state index contributed by atoms with van der Waals surface area (Å²) in [6.07, 6.45) is 29.8. The number of aromatic carboxylic acids is 2. The quantitative estimate of drug-likeness (QED) is 0.00915. The highest BCUT2D eigenvalue weighted by atomic mass is 35.5. The van der Waals surface area contributed by atoms with Crippen LogP contribution in [0.1, 0.15) is 71.7 Å². The minimum absolute atomic E-state index is 0.0833. The van der Waals surface area contributed by atoms with E-state index in [-0.39, 0.29) is 58.7 Å². The van der Waals surface area contributed by atoms with Gasteiger partial charge in [-0.25, -0.2) is 64.2 Å². The fourth-order valence-corrected chi connectivity index (χ4v) is 9.70. The average Bonchev–Trinajstić information content (AvgIpc) is 1.70. The van der Waals surface area contributed by atoms with Gasteiger partial charge in [0.2, 0.25) is 53.0 Å². The zero-order chi connectivity index (χ0) is 88.6. The van der Waals surface area contributed by atoms with Gasteiger partial charge in [-0.05, 0) is 92.1 Å². The van der Waals surface area contributed by atoms with Gasteiger partial charge in [-0.3, -0.25) is 9.59 Å². The molecule has 1 aliphatic heterocycles. The summed E-state index contributed by atoms with van der Waals surface area (Å²) in [5.41, 5.74) is 10.8. The number of carboxylic acids is 2. The lowest BCUT2D eigenvalue weighted by Gasteiger charge is -2.11. The lowest BCUT2D eigenvalue weighted by molar-refractivity contribution is 0.0592. The van der Waals surface area contributed by atoms with Crippen molar-refractivity contribution in [3.8, 4) is 98.0 Å². The molecule has 0 radical (unpaired) electrons. The second kappa shape index (κ2) is 51.1. The first-order valence-corrected chi connectivity index (χ1v) is 37.5. The lowest BCUT2D eigenvalue weighted by atomic mass is 10.2. The Balaban J connectivity index is 0.000000187. The van der Waals surface area contributed by atoms with Gasteiger partial charge < -0.3 is 91.7 Å². The van der Waals surface area contributed by atoms with Crippen LogP contribution in [0, 0.1) is 0 Å². The Hall–Kier alpha value is -16.4. The molecule has 13 aromatic rings. The molecule has 4 bridgehead atoms. The molecule has 34 nitrogen and oxygen atoms in total. The van der Waals surface area contributed by atoms with E-state index in [0.29, 0.717) is 156 Å². The summed E-state index contributed by atoms with van der Waals surface area (Å²) in [6, 6.07) is 38.6. The number of aromatic nitrogens is 10. The van der Waals surface area contributed by atoms with Crippen LogP contribution in [-0.4, -0.2) is 155 Å². The van der Waals surface area contributed by atoms with Crippen molar-refractivity contribution in [1.29, 1.82) is 0 Å². The minimum atomic E-state index is -1.14. The Kier molecular flexibility index (Phi) is 38.4. The zero-order valence-electron chi connectivity index (χ0n) is 66.7. The van der Waals surface area contributed by atoms with Crippen LogP contribution in [-0.2, 0) is 4.74 Å². The number of aliphatic hydroxyl groups excluding tert-OH is 1. The molecule has 3 aromatic carbocycles. The lowest BCUT2D eigenvalue weighted by Crippen LogP contribution is -2.13. The van der Waals surface area contributed by atoms with Crippen molar-refractivity contribution in [3.63, 3.8) is 0 Å². The molecule has 35 heteroatoms. The number of methoxy groups -OCH3 is 1. The minimum Gasteiger partial charge on any atom is -0.491 e. The van der Waals surface area contributed by atoms with Crippen LogP contribution in [0.2, 0.25) is 5.15 Å². The second-order valence-corrected chi connectivity index (χ2v) is 24.6. The maximum atomic E-state index is 12.6. The van der Waals surface area contributed by atoms with Crippen LogP contribution in [0.4, 0.5) is 17.1 Å². The SMILES string of the molecule is C=CCCOc1ccccc1N.C=CCCOc1ccccc1NC(=O)c1coc(-c2ccnc(OCC=C)c2)n1.C=CCO.C=CCOc1cc(-c2nc(C(=O)O)co2)ccn1.C=CCOc1cc(-c2nc(C(=O)O)co2)ccn1.COC(=O)c1coc(-c2ccnc(Cl)c2)n1.O=C1Nc2ccccc2OCC/C=C/COc2cc(ccn2)-c2nc1co2. The number of nitrogens with two attached hydrogens (primary N) is 1. The number of aliphatic hydroxyl groups is 1. The van der Waals surface area contributed by atoms with Gasteiger partial charge in [-0.15, -0.1) is 19.7 Å². The molecule has 0 saturated heterocycles. The van der Waals surface area contributed by atoms with E-state index in [1.165, 1.54) is 50.6 Å². The van der Waals surface area contributed by atoms with Crippen LogP contribution >= 0.6 is 11.6 Å². The van der Waals surface area contributed by atoms with Crippen molar-refractivity contribution in [3.05, 3.63) is 317 Å². The summed E-state index contributed by atoms with van der Waals surface area (Å²) in [6.45, 7) is 24.2. The number of nitrogen functional groups attached to an aromatic ring is 1. The number of nitrogens with one attached hydrogen (secondary N) is 2. The number of esters is 1. The Bertz CT molecular complexity index is 5600. The summed E-state index contributed by atoms with van der Waals surface area (Å²) < 4.78 is 69.1. The number of carboxylic acid groups (broad SMARTS) is 2. The topological polar surface area (TPSA) is 465 Å². The maximum Gasteiger partial charge on any atom is 0.360 e. The largest absolute Gasteiger partial charge is 0.491 e. The fourth-order valence-electron chi connectivity index (χ4n) is 9.53. The Morgan fingerprint density at radius 3 is 1.48 bits per heavy atom. The molecule has 0 atom stereocenters. The van der Waals surface area contributed by atoms with Gasteiger partial charge in [0.1, 0.15) is 80.1 Å². The van der Waals surface area contributed by atoms with Crippen molar-refractivity contribution in [2.24, 2.45) is 0 Å². The third-order valence-corrected chi connectivity index (χ3v) is 15.5. The van der Waals surface area contributed by atoms with Gasteiger partial charge in [0, 0.05) is 83.1 Å². The van der Waals surface area contributed by atoms with E-state index >= 15 is 0 Å². The number of rotatable bonds is 27. The highest BCUT2D eigenvalue weighted by Crippen LogP contribution is 2.31. The average molecular weight is 1710 g/mol. The zero-order valence-corrected chi connectivity index (χ0v) is 67.5. The van der Waals surface area contributed by atoms with Crippen molar-refractivity contribution >= 4 is 58.4 Å². The standard InChI is InChI=1S/C22H21N3O4.C20H17N3O4.2C12H10N2O4.C10H7ClN2O3.C10H13NO.C3H6O/c1-3-5-13-27-19-9-7-6-8-17(19)24-21(26)18-15-29-22(25-18)16-10-11-23-20(14-16)28-12-4-2;24-19-16-13-27-20(23-16)14-8-9-21-18(12-14)26-11-5-1-4-10-25-17-7-3-2-6-15(17)22-19;2*1-2-5-17-10-6-8(3-4-13-10)11-14-9(7-18-11)12(15)16;1-15-10(14)7-5-16-9(13-7)6-2-3-12-8(11)4-6;1-2-3-8-12-10-7-5-4-6-9(10)11;1-2-3-4/h3-4,6-11,14-15H,1-2,5,12-13H2,(H,24,26);1-3,5-9,12-13H,4,10-11H2,(H,22,24);2*2-4,6-7H,1,5H2,(H,15,16);2-5H,1H3;2,4-7H,1,3,8,11H2;2,4H,1,3H2/b;5-1+;;;;;. The molecule has 0 fully saturated rings. The molecule has 10 aromatic heterocycles. The predicted molar refractivity (Wildman–Crippen MR) is 458 cm³/mol. The first-order valence-electron chi connectivity index (χ1n) is 37.1. The molecule has 0 saturated carbocycles. The van der Waals surface area contributed by atoms with Crippen LogP contribution in [0.25, 0.3) is 57.3 Å². The van der Waals surface area contributed by atoms with Gasteiger partial charge in [0.05, 0.1) is 50.6 Å². The molecule has 0 spiro atoms. The van der Waals surface area contributed by atoms with Gasteiger partial charge in [-0.2, -0.15) is 0 Å². The number of para-hydroxylation sites is 6. The Morgan fingerprint density at radius 1 is 0.508 bits per heavy atom. The van der Waals surface area contributed by atoms with E-state index < -0.39 is 23.8 Å². The number of carbonyl (C=O) groups is 5. The molecule has 0 aliphatic carbocycles. The normalized spacial score (nSPS) is 11.1. The first kappa shape index (κ1) is 93.1.